The van der Waals surface area contributed by atoms with Crippen molar-refractivity contribution in [1.29, 1.82) is 0 Å². The molecule has 3 unspecified atom stereocenters. The van der Waals surface area contributed by atoms with Crippen molar-refractivity contribution in [2.45, 2.75) is 125 Å². The van der Waals surface area contributed by atoms with Gasteiger partial charge in [-0.25, -0.2) is 5.84 Å². The molecule has 0 aliphatic heterocycles. The van der Waals surface area contributed by atoms with Crippen molar-refractivity contribution in [1.82, 2.24) is 15.6 Å². The number of amides is 1. The zero-order chi connectivity index (χ0) is 33.8. The number of allylic oxidation sites excluding steroid dienone is 2. The van der Waals surface area contributed by atoms with E-state index >= 15 is 0 Å². The van der Waals surface area contributed by atoms with E-state index in [0.29, 0.717) is 35.6 Å². The van der Waals surface area contributed by atoms with Crippen LogP contribution in [0.3, 0.4) is 0 Å². The van der Waals surface area contributed by atoms with E-state index in [9.17, 15) is 4.79 Å². The van der Waals surface area contributed by atoms with Crippen LogP contribution in [0.1, 0.15) is 128 Å². The van der Waals surface area contributed by atoms with E-state index in [1.165, 1.54) is 79.2 Å². The molecule has 0 fully saturated rings. The third kappa shape index (κ3) is 7.80. The number of rotatable bonds is 16. The van der Waals surface area contributed by atoms with Crippen molar-refractivity contribution >= 4 is 5.91 Å². The summed E-state index contributed by atoms with van der Waals surface area (Å²) in [5, 5.41) is 8.90. The van der Waals surface area contributed by atoms with Crippen LogP contribution in [-0.4, -0.2) is 16.1 Å². The van der Waals surface area contributed by atoms with Crippen LogP contribution < -0.4 is 11.3 Å². The number of nitrogens with two attached hydrogens (primary N) is 1. The van der Waals surface area contributed by atoms with Gasteiger partial charge < -0.3 is 4.42 Å². The van der Waals surface area contributed by atoms with Crippen LogP contribution >= 0.6 is 0 Å². The Morgan fingerprint density at radius 1 is 0.915 bits per heavy atom. The molecular weight excluding hydrogens is 580 g/mol. The van der Waals surface area contributed by atoms with Crippen LogP contribution in [0.4, 0.5) is 0 Å². The Morgan fingerprint density at radius 3 is 2.19 bits per heavy atom. The lowest BCUT2D eigenvalue weighted by molar-refractivity contribution is -0.117. The molecule has 3 aromatic rings. The van der Waals surface area contributed by atoms with Gasteiger partial charge in [-0.2, -0.15) is 0 Å². The molecule has 0 spiro atoms. The summed E-state index contributed by atoms with van der Waals surface area (Å²) < 4.78 is 6.26. The van der Waals surface area contributed by atoms with Gasteiger partial charge in [0, 0.05) is 16.6 Å². The molecule has 0 bridgehead atoms. The second-order valence-corrected chi connectivity index (χ2v) is 15.5. The van der Waals surface area contributed by atoms with E-state index in [0.717, 1.165) is 24.0 Å². The van der Waals surface area contributed by atoms with Crippen LogP contribution in [0.2, 0.25) is 0 Å². The number of carbonyl (C=O) groups is 1. The van der Waals surface area contributed by atoms with Crippen LogP contribution in [0.15, 0.2) is 64.1 Å². The van der Waals surface area contributed by atoms with Gasteiger partial charge in [0.15, 0.2) is 0 Å². The first kappa shape index (κ1) is 34.8. The zero-order valence-electron chi connectivity index (χ0n) is 29.8. The van der Waals surface area contributed by atoms with Gasteiger partial charge in [0.2, 0.25) is 11.8 Å². The molecule has 2 aliphatic rings. The van der Waals surface area contributed by atoms with Gasteiger partial charge in [0.05, 0.1) is 6.42 Å². The van der Waals surface area contributed by atoms with Gasteiger partial charge in [-0.15, -0.1) is 10.2 Å². The maximum absolute atomic E-state index is 11.8. The molecule has 3 atom stereocenters. The highest BCUT2D eigenvalue weighted by Gasteiger charge is 2.46. The molecule has 1 heterocycles. The number of carbonyl (C=O) groups excluding carboxylic acids is 1. The maximum Gasteiger partial charge on any atom is 0.265 e. The summed E-state index contributed by atoms with van der Waals surface area (Å²) >= 11 is 0. The Balaban J connectivity index is 1.58. The summed E-state index contributed by atoms with van der Waals surface area (Å²) in [5.74, 6) is 7.34. The highest BCUT2D eigenvalue weighted by atomic mass is 16.4. The number of unbranched alkanes of at least 4 members (excludes halogenated alkanes) is 2. The lowest BCUT2D eigenvalue weighted by Gasteiger charge is -2.40. The Kier molecular flexibility index (Phi) is 10.9. The molecule has 47 heavy (non-hydrogen) atoms. The normalized spacial score (nSPS) is 18.1. The monoisotopic (exact) mass is 636 g/mol. The third-order valence-electron chi connectivity index (χ3n) is 10.3. The number of aromatic nitrogens is 2. The molecule has 1 aromatic heterocycles. The quantitative estimate of drug-likeness (QED) is 0.0927. The second-order valence-electron chi connectivity index (χ2n) is 15.5. The summed E-state index contributed by atoms with van der Waals surface area (Å²) in [7, 11) is 0. The Morgan fingerprint density at radius 2 is 1.55 bits per heavy atom. The molecule has 2 aliphatic carbocycles. The molecule has 0 radical (unpaired) electrons. The predicted octanol–water partition coefficient (Wildman–Crippen LogP) is 9.95. The number of hydrazine groups is 1. The minimum Gasteiger partial charge on any atom is -0.420 e. The van der Waals surface area contributed by atoms with Crippen molar-refractivity contribution in [3.8, 4) is 22.6 Å². The summed E-state index contributed by atoms with van der Waals surface area (Å²) in [6.45, 7) is 16.5. The number of nitrogens with one attached hydrogen (secondary N) is 1. The molecule has 252 valence electrons. The molecule has 6 nitrogen and oxygen atoms in total. The third-order valence-corrected chi connectivity index (χ3v) is 10.3. The molecule has 1 amide bonds. The number of nitrogens with zero attached hydrogens (tertiary/aromatic N) is 2. The highest BCUT2D eigenvalue weighted by molar-refractivity contribution is 5.98. The fraction of sp³-hybridized carbons (Fsp3) is 0.537. The summed E-state index contributed by atoms with van der Waals surface area (Å²) in [6.07, 6.45) is 16.4. The Hall–Kier alpha value is -3.51. The van der Waals surface area contributed by atoms with E-state index in [1.807, 2.05) is 12.2 Å². The Bertz CT molecular complexity index is 1620. The number of fused-ring (bicyclic) bond motifs is 3. The van der Waals surface area contributed by atoms with E-state index in [4.69, 9.17) is 10.3 Å². The highest BCUT2D eigenvalue weighted by Crippen LogP contribution is 2.57. The second kappa shape index (κ2) is 14.7. The van der Waals surface area contributed by atoms with Crippen LogP contribution in [0.25, 0.3) is 22.6 Å². The minimum absolute atomic E-state index is 0.0743. The lowest BCUT2D eigenvalue weighted by atomic mass is 9.63. The average molecular weight is 637 g/mol. The molecule has 5 rings (SSSR count). The standard InChI is InChI=1S/C41H56N4O2/c1-8-11-13-28(10-3)25-41(26-29(14-12-9-2)24-40(5,6)7)35-19-27(4)15-17-33(35)34-18-16-31(23-36(34)41)39-45-44-37(47-39)22-30-20-32(21-30)38(46)43-42/h15-21,23,28-29H,8-14,22,24-26,42H2,1-7H3,(H,43,46). The van der Waals surface area contributed by atoms with Crippen LogP contribution in [0, 0.1) is 24.2 Å². The molecule has 2 aromatic carbocycles. The smallest absolute Gasteiger partial charge is 0.265 e. The summed E-state index contributed by atoms with van der Waals surface area (Å²) in [6, 6.07) is 14.0. The number of hydrogen-bond donors (Lipinski definition) is 2. The van der Waals surface area contributed by atoms with Crippen molar-refractivity contribution < 1.29 is 9.21 Å². The van der Waals surface area contributed by atoms with Crippen molar-refractivity contribution in [3.63, 3.8) is 0 Å². The van der Waals surface area contributed by atoms with Gasteiger partial charge in [0.1, 0.15) is 0 Å². The Labute approximate surface area is 282 Å². The fourth-order valence-corrected chi connectivity index (χ4v) is 8.15. The van der Waals surface area contributed by atoms with Crippen LogP contribution in [0.5, 0.6) is 0 Å². The van der Waals surface area contributed by atoms with E-state index in [-0.39, 0.29) is 16.7 Å². The van der Waals surface area contributed by atoms with E-state index < -0.39 is 0 Å². The SMILES string of the molecule is CCCCC(CC)CC1(CC(CCCC)CC(C)(C)C)c2cc(C)ccc2-c2ccc(-c3nnc(CC4=CC(C(=O)NN)=C4)o3)cc21. The molecule has 3 N–H and O–H groups in total. The summed E-state index contributed by atoms with van der Waals surface area (Å²) in [4.78, 5) is 11.8. The number of hydrogen-bond acceptors (Lipinski definition) is 5. The van der Waals surface area contributed by atoms with E-state index in [2.05, 4.69) is 100 Å². The first-order chi connectivity index (χ1) is 22.5. The fourth-order valence-electron chi connectivity index (χ4n) is 8.15. The van der Waals surface area contributed by atoms with E-state index in [1.54, 1.807) is 0 Å². The minimum atomic E-state index is -0.294. The summed E-state index contributed by atoms with van der Waals surface area (Å²) in [5.41, 5.74) is 11.9. The largest absolute Gasteiger partial charge is 0.420 e. The molecular formula is C41H56N4O2. The van der Waals surface area contributed by atoms with Gasteiger partial charge in [-0.3, -0.25) is 10.2 Å². The van der Waals surface area contributed by atoms with Gasteiger partial charge in [-0.05, 0) is 95.5 Å². The first-order valence-electron chi connectivity index (χ1n) is 18.0. The van der Waals surface area contributed by atoms with Crippen molar-refractivity contribution in [2.24, 2.45) is 23.1 Å². The van der Waals surface area contributed by atoms with Gasteiger partial charge >= 0.3 is 0 Å². The van der Waals surface area contributed by atoms with Crippen molar-refractivity contribution in [3.05, 3.63) is 82.3 Å². The predicted molar refractivity (Wildman–Crippen MR) is 193 cm³/mol. The van der Waals surface area contributed by atoms with Gasteiger partial charge in [0.25, 0.3) is 5.91 Å². The molecule has 6 heteroatoms. The average Bonchev–Trinajstić information content (AvgIpc) is 3.59. The number of aryl methyl sites for hydroxylation is 1. The number of benzene rings is 2. The lowest BCUT2D eigenvalue weighted by Crippen LogP contribution is -2.33. The topological polar surface area (TPSA) is 94.0 Å². The first-order valence-corrected chi connectivity index (χ1v) is 18.0. The maximum atomic E-state index is 11.8. The van der Waals surface area contributed by atoms with Gasteiger partial charge in [-0.1, -0.05) is 116 Å². The molecule has 0 saturated heterocycles. The zero-order valence-corrected chi connectivity index (χ0v) is 29.8. The van der Waals surface area contributed by atoms with Crippen molar-refractivity contribution in [2.75, 3.05) is 0 Å². The molecule has 0 saturated carbocycles. The van der Waals surface area contributed by atoms with Crippen LogP contribution in [-0.2, 0) is 16.6 Å².